The third kappa shape index (κ3) is 4.71. The summed E-state index contributed by atoms with van der Waals surface area (Å²) in [6.07, 6.45) is 4.63. The van der Waals surface area contributed by atoms with Crippen LogP contribution < -0.4 is 5.32 Å². The lowest BCUT2D eigenvalue weighted by Crippen LogP contribution is -2.17. The minimum absolute atomic E-state index is 0.101. The van der Waals surface area contributed by atoms with Crippen LogP contribution >= 0.6 is 11.8 Å². The van der Waals surface area contributed by atoms with E-state index in [9.17, 15) is 4.79 Å². The highest BCUT2D eigenvalue weighted by molar-refractivity contribution is 7.99. The Morgan fingerprint density at radius 2 is 2.33 bits per heavy atom. The predicted octanol–water partition coefficient (Wildman–Crippen LogP) is 3.19. The summed E-state index contributed by atoms with van der Waals surface area (Å²) in [4.78, 5) is 15.9. The zero-order valence-electron chi connectivity index (χ0n) is 13.0. The van der Waals surface area contributed by atoms with Crippen LogP contribution in [0.1, 0.15) is 44.7 Å². The maximum atomic E-state index is 11.4. The molecule has 0 aliphatic heterocycles. The average molecular weight is 308 g/mol. The van der Waals surface area contributed by atoms with E-state index in [0.29, 0.717) is 12.5 Å². The molecule has 1 N–H and O–H groups in total. The van der Waals surface area contributed by atoms with Crippen LogP contribution in [0.2, 0.25) is 0 Å². The SMILES string of the molecule is CCNC(C)c1ccnc(SCC2(CC(=O)OC)CC2)c1. The van der Waals surface area contributed by atoms with Crippen molar-refractivity contribution in [3.8, 4) is 0 Å². The number of aromatic nitrogens is 1. The Hall–Kier alpha value is -1.07. The number of nitrogens with one attached hydrogen (secondary N) is 1. The molecule has 0 bridgehead atoms. The van der Waals surface area contributed by atoms with Gasteiger partial charge in [0.1, 0.15) is 0 Å². The fourth-order valence-corrected chi connectivity index (χ4v) is 3.55. The average Bonchev–Trinajstić information content (AvgIpc) is 3.25. The first kappa shape index (κ1) is 16.3. The van der Waals surface area contributed by atoms with Gasteiger partial charge in [0.15, 0.2) is 0 Å². The minimum Gasteiger partial charge on any atom is -0.469 e. The van der Waals surface area contributed by atoms with Crippen LogP contribution in [0.3, 0.4) is 0 Å². The molecule has 0 amide bonds. The van der Waals surface area contributed by atoms with Gasteiger partial charge in [0.05, 0.1) is 18.6 Å². The number of hydrogen-bond donors (Lipinski definition) is 1. The molecule has 1 fully saturated rings. The van der Waals surface area contributed by atoms with Gasteiger partial charge in [-0.3, -0.25) is 4.79 Å². The van der Waals surface area contributed by atoms with Gasteiger partial charge in [0, 0.05) is 18.0 Å². The van der Waals surface area contributed by atoms with Crippen LogP contribution in [0, 0.1) is 5.41 Å². The number of thioether (sulfide) groups is 1. The van der Waals surface area contributed by atoms with Gasteiger partial charge in [-0.15, -0.1) is 11.8 Å². The van der Waals surface area contributed by atoms with Gasteiger partial charge in [-0.1, -0.05) is 6.92 Å². The number of methoxy groups -OCH3 is 1. The lowest BCUT2D eigenvalue weighted by atomic mass is 10.1. The second kappa shape index (κ2) is 7.27. The molecular weight excluding hydrogens is 284 g/mol. The summed E-state index contributed by atoms with van der Waals surface area (Å²) >= 11 is 1.75. The monoisotopic (exact) mass is 308 g/mol. The second-order valence-corrected chi connectivity index (χ2v) is 6.74. The van der Waals surface area contributed by atoms with E-state index < -0.39 is 0 Å². The molecule has 2 rings (SSSR count). The molecule has 1 aliphatic rings. The minimum atomic E-state index is -0.101. The number of carbonyl (C=O) groups is 1. The molecule has 0 radical (unpaired) electrons. The molecule has 1 aromatic rings. The number of nitrogens with zero attached hydrogens (tertiary/aromatic N) is 1. The summed E-state index contributed by atoms with van der Waals surface area (Å²) in [6.45, 7) is 5.22. The van der Waals surface area contributed by atoms with Crippen molar-refractivity contribution in [2.75, 3.05) is 19.4 Å². The van der Waals surface area contributed by atoms with Gasteiger partial charge in [0.2, 0.25) is 0 Å². The molecule has 0 spiro atoms. The van der Waals surface area contributed by atoms with Crippen molar-refractivity contribution in [3.63, 3.8) is 0 Å². The van der Waals surface area contributed by atoms with E-state index in [1.165, 1.54) is 12.7 Å². The van der Waals surface area contributed by atoms with E-state index in [0.717, 1.165) is 30.2 Å². The molecule has 0 aromatic carbocycles. The summed E-state index contributed by atoms with van der Waals surface area (Å²) in [5, 5.41) is 4.44. The van der Waals surface area contributed by atoms with Gasteiger partial charge in [-0.25, -0.2) is 4.98 Å². The first-order valence-corrected chi connectivity index (χ1v) is 8.46. The normalized spacial score (nSPS) is 17.3. The molecule has 116 valence electrons. The van der Waals surface area contributed by atoms with Gasteiger partial charge in [-0.2, -0.15) is 0 Å². The Bertz CT molecular complexity index is 489. The molecule has 1 aliphatic carbocycles. The van der Waals surface area contributed by atoms with Crippen molar-refractivity contribution in [1.82, 2.24) is 10.3 Å². The van der Waals surface area contributed by atoms with Gasteiger partial charge in [0.25, 0.3) is 0 Å². The fraction of sp³-hybridized carbons (Fsp3) is 0.625. The highest BCUT2D eigenvalue weighted by atomic mass is 32.2. The molecule has 21 heavy (non-hydrogen) atoms. The van der Waals surface area contributed by atoms with Crippen LogP contribution in [0.4, 0.5) is 0 Å². The van der Waals surface area contributed by atoms with E-state index in [2.05, 4.69) is 36.3 Å². The fourth-order valence-electron chi connectivity index (χ4n) is 2.35. The zero-order valence-corrected chi connectivity index (χ0v) is 13.8. The van der Waals surface area contributed by atoms with E-state index in [4.69, 9.17) is 4.74 Å². The van der Waals surface area contributed by atoms with Crippen LogP contribution in [0.25, 0.3) is 0 Å². The summed E-state index contributed by atoms with van der Waals surface area (Å²) in [5.74, 6) is 0.837. The first-order valence-electron chi connectivity index (χ1n) is 7.47. The number of hydrogen-bond acceptors (Lipinski definition) is 5. The van der Waals surface area contributed by atoms with Crippen molar-refractivity contribution in [3.05, 3.63) is 23.9 Å². The summed E-state index contributed by atoms with van der Waals surface area (Å²) in [7, 11) is 1.46. The maximum absolute atomic E-state index is 11.4. The quantitative estimate of drug-likeness (QED) is 0.590. The first-order chi connectivity index (χ1) is 10.1. The van der Waals surface area contributed by atoms with Gasteiger partial charge in [-0.05, 0) is 49.4 Å². The summed E-state index contributed by atoms with van der Waals surface area (Å²) in [6, 6.07) is 4.53. The second-order valence-electron chi connectivity index (χ2n) is 5.75. The molecule has 1 aromatic heterocycles. The molecule has 1 unspecified atom stereocenters. The van der Waals surface area contributed by atoms with Gasteiger partial charge < -0.3 is 10.1 Å². The molecule has 0 saturated heterocycles. The van der Waals surface area contributed by atoms with Crippen LogP contribution in [0.5, 0.6) is 0 Å². The molecule has 5 heteroatoms. The summed E-state index contributed by atoms with van der Waals surface area (Å²) < 4.78 is 4.78. The Labute approximate surface area is 131 Å². The van der Waals surface area contributed by atoms with E-state index in [1.54, 1.807) is 11.8 Å². The highest BCUT2D eigenvalue weighted by Gasteiger charge is 2.44. The van der Waals surface area contributed by atoms with Crippen LogP contribution in [-0.2, 0) is 9.53 Å². The molecule has 1 heterocycles. The maximum Gasteiger partial charge on any atom is 0.306 e. The van der Waals surface area contributed by atoms with Crippen molar-refractivity contribution in [2.45, 2.75) is 44.2 Å². The highest BCUT2D eigenvalue weighted by Crippen LogP contribution is 2.52. The van der Waals surface area contributed by atoms with E-state index in [1.807, 2.05) is 6.20 Å². The van der Waals surface area contributed by atoms with Crippen molar-refractivity contribution >= 4 is 17.7 Å². The Balaban J connectivity index is 1.91. The molecule has 1 atom stereocenters. The van der Waals surface area contributed by atoms with Crippen molar-refractivity contribution in [1.29, 1.82) is 0 Å². The Morgan fingerprint density at radius 1 is 1.57 bits per heavy atom. The number of ether oxygens (including phenoxy) is 1. The third-order valence-corrected chi connectivity index (χ3v) is 5.28. The van der Waals surface area contributed by atoms with Gasteiger partial charge >= 0.3 is 5.97 Å². The number of carbonyl (C=O) groups excluding carboxylic acids is 1. The van der Waals surface area contributed by atoms with E-state index >= 15 is 0 Å². The van der Waals surface area contributed by atoms with E-state index in [-0.39, 0.29) is 11.4 Å². The standard InChI is InChI=1S/C16H24N2O2S/c1-4-17-12(2)13-5-8-18-14(9-13)21-11-16(6-7-16)10-15(19)20-3/h5,8-9,12,17H,4,6-7,10-11H2,1-3H3. The topological polar surface area (TPSA) is 51.2 Å². The predicted molar refractivity (Wildman–Crippen MR) is 85.4 cm³/mol. The number of pyridine rings is 1. The Morgan fingerprint density at radius 3 is 2.95 bits per heavy atom. The molecular formula is C16H24N2O2S. The largest absolute Gasteiger partial charge is 0.469 e. The lowest BCUT2D eigenvalue weighted by molar-refractivity contribution is -0.141. The van der Waals surface area contributed by atoms with Crippen LogP contribution in [-0.4, -0.2) is 30.4 Å². The molecule has 4 nitrogen and oxygen atoms in total. The number of rotatable bonds is 8. The zero-order chi connectivity index (χ0) is 15.3. The third-order valence-electron chi connectivity index (χ3n) is 4.00. The smallest absolute Gasteiger partial charge is 0.306 e. The summed E-state index contributed by atoms with van der Waals surface area (Å²) in [5.41, 5.74) is 1.40. The lowest BCUT2D eigenvalue weighted by Gasteiger charge is -2.15. The van der Waals surface area contributed by atoms with Crippen molar-refractivity contribution < 1.29 is 9.53 Å². The van der Waals surface area contributed by atoms with Crippen molar-refractivity contribution in [2.24, 2.45) is 5.41 Å². The number of esters is 1. The van der Waals surface area contributed by atoms with Crippen LogP contribution in [0.15, 0.2) is 23.4 Å². The Kier molecular flexibility index (Phi) is 5.65. The molecule has 1 saturated carbocycles.